The molecule has 3 atom stereocenters. The van der Waals surface area contributed by atoms with Crippen molar-refractivity contribution in [3.8, 4) is 0 Å². The molecule has 22 heavy (non-hydrogen) atoms. The van der Waals surface area contributed by atoms with Gasteiger partial charge in [0, 0.05) is 17.4 Å². The summed E-state index contributed by atoms with van der Waals surface area (Å²) in [7, 11) is 0. The van der Waals surface area contributed by atoms with Crippen molar-refractivity contribution in [2.75, 3.05) is 12.4 Å². The van der Waals surface area contributed by atoms with Crippen LogP contribution in [0, 0.1) is 0 Å². The van der Waals surface area contributed by atoms with Crippen LogP contribution in [-0.2, 0) is 14.4 Å². The summed E-state index contributed by atoms with van der Waals surface area (Å²) in [6.07, 6.45) is 2.57. The van der Waals surface area contributed by atoms with Crippen LogP contribution in [0.1, 0.15) is 25.7 Å². The van der Waals surface area contributed by atoms with Gasteiger partial charge < -0.3 is 10.6 Å². The molecule has 2 rings (SSSR count). The summed E-state index contributed by atoms with van der Waals surface area (Å²) in [5, 5.41) is 6.72. The predicted octanol–water partition coefficient (Wildman–Crippen LogP) is -1.17. The molecule has 10 heteroatoms. The van der Waals surface area contributed by atoms with Gasteiger partial charge in [0.1, 0.15) is 6.61 Å². The Kier molecular flexibility index (Phi) is 6.00. The molecule has 2 fully saturated rings. The number of nitrogens with zero attached hydrogens (tertiary/aromatic N) is 1. The molecule has 0 radical (unpaired) electrons. The number of fused-ring (bicyclic) bond motifs is 1. The lowest BCUT2D eigenvalue weighted by Crippen LogP contribution is -2.44. The van der Waals surface area contributed by atoms with Gasteiger partial charge in [-0.2, -0.15) is 11.8 Å². The molecule has 0 spiro atoms. The summed E-state index contributed by atoms with van der Waals surface area (Å²) in [5.74, 6) is 9.93. The maximum absolute atomic E-state index is 11.7. The molecule has 0 aromatic heterocycles. The van der Waals surface area contributed by atoms with Crippen LogP contribution in [0.25, 0.3) is 0 Å². The standard InChI is InChI=1S/C12H21N5O4S/c13-17(10(19)5-21-14)9(18)4-2-1-3-8-11-7(6-22-8)15-12(20)16-11/h7-8,11H,1-6,13-14H2,(H2,15,16,20)/t7-,8-,11-/m0/s1. The SMILES string of the molecule is NOCC(=O)N(N)C(=O)CCCC[C@@H]1SC[C@@H]2NC(=O)N[C@@H]21. The number of imide groups is 1. The van der Waals surface area contributed by atoms with Crippen LogP contribution < -0.4 is 22.4 Å². The van der Waals surface area contributed by atoms with Crippen LogP contribution in [0.2, 0.25) is 0 Å². The number of nitrogens with two attached hydrogens (primary N) is 2. The van der Waals surface area contributed by atoms with Gasteiger partial charge in [0.05, 0.1) is 12.1 Å². The van der Waals surface area contributed by atoms with Gasteiger partial charge in [-0.3, -0.25) is 14.4 Å². The van der Waals surface area contributed by atoms with Gasteiger partial charge in [0.2, 0.25) is 5.91 Å². The number of hydrogen-bond acceptors (Lipinski definition) is 7. The highest BCUT2D eigenvalue weighted by Crippen LogP contribution is 2.33. The summed E-state index contributed by atoms with van der Waals surface area (Å²) in [4.78, 5) is 38.4. The molecule has 6 N–H and O–H groups in total. The lowest BCUT2D eigenvalue weighted by Gasteiger charge is -2.17. The van der Waals surface area contributed by atoms with E-state index >= 15 is 0 Å². The second-order valence-corrected chi connectivity index (χ2v) is 6.61. The summed E-state index contributed by atoms with van der Waals surface area (Å²) in [6, 6.07) is 0.273. The predicted molar refractivity (Wildman–Crippen MR) is 80.1 cm³/mol. The highest BCUT2D eigenvalue weighted by molar-refractivity contribution is 8.00. The monoisotopic (exact) mass is 331 g/mol. The number of carbonyl (C=O) groups is 3. The first kappa shape index (κ1) is 17.0. The topological polar surface area (TPSA) is 140 Å². The normalized spacial score (nSPS) is 26.3. The molecule has 124 valence electrons. The Bertz CT molecular complexity index is 449. The van der Waals surface area contributed by atoms with Crippen molar-refractivity contribution in [3.05, 3.63) is 0 Å². The minimum Gasteiger partial charge on any atom is -0.332 e. The van der Waals surface area contributed by atoms with E-state index in [0.29, 0.717) is 16.7 Å². The Morgan fingerprint density at radius 2 is 2.09 bits per heavy atom. The number of hydrazine groups is 1. The number of carbonyl (C=O) groups excluding carboxylic acids is 3. The number of amides is 4. The van der Waals surface area contributed by atoms with E-state index < -0.39 is 18.4 Å². The second-order valence-electron chi connectivity index (χ2n) is 5.34. The summed E-state index contributed by atoms with van der Waals surface area (Å²) < 4.78 is 0. The van der Waals surface area contributed by atoms with Crippen molar-refractivity contribution in [1.82, 2.24) is 15.6 Å². The molecule has 0 aromatic rings. The van der Waals surface area contributed by atoms with Crippen molar-refractivity contribution in [3.63, 3.8) is 0 Å². The minimum absolute atomic E-state index is 0.102. The van der Waals surface area contributed by atoms with Crippen LogP contribution in [0.4, 0.5) is 4.79 Å². The average Bonchev–Trinajstić information content (AvgIpc) is 3.02. The molecule has 0 saturated carbocycles. The quantitative estimate of drug-likeness (QED) is 0.151. The highest BCUT2D eigenvalue weighted by atomic mass is 32.2. The largest absolute Gasteiger partial charge is 0.332 e. The highest BCUT2D eigenvalue weighted by Gasteiger charge is 2.42. The number of unbranched alkanes of at least 4 members (excludes halogenated alkanes) is 1. The van der Waals surface area contributed by atoms with Gasteiger partial charge in [-0.25, -0.2) is 21.5 Å². The number of nitrogens with one attached hydrogen (secondary N) is 2. The molecule has 2 saturated heterocycles. The minimum atomic E-state index is -0.665. The van der Waals surface area contributed by atoms with Crippen molar-refractivity contribution < 1.29 is 19.2 Å². The third-order valence-corrected chi connectivity index (χ3v) is 5.32. The molecule has 0 aromatic carbocycles. The van der Waals surface area contributed by atoms with Crippen LogP contribution >= 0.6 is 11.8 Å². The number of hydrogen-bond donors (Lipinski definition) is 4. The summed E-state index contributed by atoms with van der Waals surface area (Å²) >= 11 is 1.83. The van der Waals surface area contributed by atoms with Crippen LogP contribution in [0.3, 0.4) is 0 Å². The number of urea groups is 1. The fourth-order valence-electron chi connectivity index (χ4n) is 2.67. The zero-order chi connectivity index (χ0) is 16.1. The fraction of sp³-hybridized carbons (Fsp3) is 0.750. The zero-order valence-electron chi connectivity index (χ0n) is 12.1. The molecule has 2 aliphatic rings. The Balaban J connectivity index is 1.64. The molecular weight excluding hydrogens is 310 g/mol. The lowest BCUT2D eigenvalue weighted by molar-refractivity contribution is -0.148. The van der Waals surface area contributed by atoms with Crippen molar-refractivity contribution in [2.45, 2.75) is 43.0 Å². The van der Waals surface area contributed by atoms with Crippen molar-refractivity contribution >= 4 is 29.6 Å². The Morgan fingerprint density at radius 1 is 1.32 bits per heavy atom. The van der Waals surface area contributed by atoms with Gasteiger partial charge in [-0.05, 0) is 12.8 Å². The van der Waals surface area contributed by atoms with E-state index in [2.05, 4.69) is 15.5 Å². The summed E-state index contributed by atoms with van der Waals surface area (Å²) in [5.41, 5.74) is 0. The van der Waals surface area contributed by atoms with Gasteiger partial charge in [-0.1, -0.05) is 6.42 Å². The van der Waals surface area contributed by atoms with E-state index in [-0.39, 0.29) is 24.5 Å². The van der Waals surface area contributed by atoms with Crippen molar-refractivity contribution in [2.24, 2.45) is 11.7 Å². The van der Waals surface area contributed by atoms with E-state index in [0.717, 1.165) is 18.6 Å². The molecule has 4 amide bonds. The van der Waals surface area contributed by atoms with E-state index in [1.165, 1.54) is 0 Å². The first-order valence-electron chi connectivity index (χ1n) is 7.13. The molecule has 9 nitrogen and oxygen atoms in total. The second kappa shape index (κ2) is 7.77. The molecule has 0 aliphatic carbocycles. The fourth-order valence-corrected chi connectivity index (χ4v) is 4.21. The van der Waals surface area contributed by atoms with E-state index in [4.69, 9.17) is 11.7 Å². The number of rotatable bonds is 7. The average molecular weight is 331 g/mol. The van der Waals surface area contributed by atoms with Crippen LogP contribution in [0.15, 0.2) is 0 Å². The van der Waals surface area contributed by atoms with Gasteiger partial charge in [0.25, 0.3) is 5.91 Å². The van der Waals surface area contributed by atoms with Gasteiger partial charge >= 0.3 is 6.03 Å². The Labute approximate surface area is 132 Å². The maximum Gasteiger partial charge on any atom is 0.315 e. The molecular formula is C12H21N5O4S. The van der Waals surface area contributed by atoms with E-state index in [1.807, 2.05) is 11.8 Å². The molecule has 2 aliphatic heterocycles. The van der Waals surface area contributed by atoms with Gasteiger partial charge in [0.15, 0.2) is 0 Å². The zero-order valence-corrected chi connectivity index (χ0v) is 12.9. The molecule has 0 bridgehead atoms. The first-order valence-corrected chi connectivity index (χ1v) is 8.18. The lowest BCUT2D eigenvalue weighted by atomic mass is 10.0. The van der Waals surface area contributed by atoms with Crippen LogP contribution in [-0.4, -0.2) is 52.5 Å². The first-order chi connectivity index (χ1) is 10.5. The van der Waals surface area contributed by atoms with Crippen LogP contribution in [0.5, 0.6) is 0 Å². The third kappa shape index (κ3) is 4.09. The summed E-state index contributed by atoms with van der Waals surface area (Å²) in [6.45, 7) is -0.420. The maximum atomic E-state index is 11.7. The van der Waals surface area contributed by atoms with E-state index in [9.17, 15) is 14.4 Å². The number of thioether (sulfide) groups is 1. The van der Waals surface area contributed by atoms with Gasteiger partial charge in [-0.15, -0.1) is 0 Å². The Hall–Kier alpha value is -1.36. The smallest absolute Gasteiger partial charge is 0.315 e. The Morgan fingerprint density at radius 3 is 2.82 bits per heavy atom. The van der Waals surface area contributed by atoms with E-state index in [1.54, 1.807) is 0 Å². The third-order valence-electron chi connectivity index (χ3n) is 3.81. The van der Waals surface area contributed by atoms with Crippen molar-refractivity contribution in [1.29, 1.82) is 0 Å². The molecule has 2 heterocycles. The molecule has 0 unspecified atom stereocenters.